The predicted molar refractivity (Wildman–Crippen MR) is 131 cm³/mol. The van der Waals surface area contributed by atoms with Crippen LogP contribution in [0.3, 0.4) is 0 Å². The summed E-state index contributed by atoms with van der Waals surface area (Å²) in [5.41, 5.74) is 0.405. The number of unbranched alkanes of at least 4 members (excludes halogenated alkanes) is 2. The first-order chi connectivity index (χ1) is 13.3. The van der Waals surface area contributed by atoms with Crippen molar-refractivity contribution in [2.45, 2.75) is 113 Å². The minimum absolute atomic E-state index is 0.405. The van der Waals surface area contributed by atoms with E-state index in [-0.39, 0.29) is 0 Å². The molecular formula is C26H56N2. The molecule has 1 unspecified atom stereocenters. The smallest absolute Gasteiger partial charge is 0.0193 e. The number of likely N-dealkylation sites (tertiary alicyclic amines) is 1. The van der Waals surface area contributed by atoms with Gasteiger partial charge in [0.15, 0.2) is 0 Å². The standard InChI is InChI=1S/C14H28N2.C5H10.C5H12.C2H6/c1-4-12-6-9-16(10-7-12)14(2,3)13-5-8-15-11-13;1-4-5(2)3;1-3-5-4-2;1-2/h12-13,15H,4-11H2,1-3H3;4-5H,1H2,2-3H3;3-5H2,1-2H3;1-2H3. The Morgan fingerprint density at radius 1 is 1.04 bits per heavy atom. The third kappa shape index (κ3) is 13.0. The van der Waals surface area contributed by atoms with Gasteiger partial charge in [-0.15, -0.1) is 6.58 Å². The Morgan fingerprint density at radius 3 is 1.82 bits per heavy atom. The molecule has 2 fully saturated rings. The minimum Gasteiger partial charge on any atom is -0.316 e. The molecule has 0 aromatic rings. The molecule has 1 atom stereocenters. The Labute approximate surface area is 179 Å². The van der Waals surface area contributed by atoms with Crippen LogP contribution in [0, 0.1) is 17.8 Å². The topological polar surface area (TPSA) is 15.3 Å². The molecule has 0 amide bonds. The zero-order valence-electron chi connectivity index (χ0n) is 21.2. The van der Waals surface area contributed by atoms with Gasteiger partial charge in [-0.25, -0.2) is 0 Å². The fourth-order valence-electron chi connectivity index (χ4n) is 3.79. The number of hydrogen-bond acceptors (Lipinski definition) is 2. The summed E-state index contributed by atoms with van der Waals surface area (Å²) in [6.07, 6.45) is 11.6. The highest BCUT2D eigenvalue weighted by atomic mass is 15.2. The molecule has 0 spiro atoms. The Morgan fingerprint density at radius 2 is 1.54 bits per heavy atom. The second-order valence-electron chi connectivity index (χ2n) is 9.02. The number of nitrogens with zero attached hydrogens (tertiary/aromatic N) is 1. The molecule has 0 aliphatic carbocycles. The molecule has 0 bridgehead atoms. The van der Waals surface area contributed by atoms with Crippen molar-refractivity contribution in [2.75, 3.05) is 26.2 Å². The summed E-state index contributed by atoms with van der Waals surface area (Å²) < 4.78 is 0. The second kappa shape index (κ2) is 18.7. The fraction of sp³-hybridized carbons (Fsp3) is 0.923. The fourth-order valence-corrected chi connectivity index (χ4v) is 3.79. The molecule has 0 radical (unpaired) electrons. The van der Waals surface area contributed by atoms with Crippen LogP contribution < -0.4 is 5.32 Å². The molecule has 2 heteroatoms. The Kier molecular flexibility index (Phi) is 19.9. The first-order valence-corrected chi connectivity index (χ1v) is 12.4. The maximum atomic E-state index is 3.56. The summed E-state index contributed by atoms with van der Waals surface area (Å²) in [5.74, 6) is 2.49. The van der Waals surface area contributed by atoms with Crippen molar-refractivity contribution in [3.05, 3.63) is 12.7 Å². The van der Waals surface area contributed by atoms with Crippen molar-refractivity contribution >= 4 is 0 Å². The predicted octanol–water partition coefficient (Wildman–Crippen LogP) is 7.55. The normalized spacial score (nSPS) is 20.3. The lowest BCUT2D eigenvalue weighted by atomic mass is 9.82. The Hall–Kier alpha value is -0.340. The van der Waals surface area contributed by atoms with Crippen LogP contribution in [0.25, 0.3) is 0 Å². The molecule has 2 nitrogen and oxygen atoms in total. The van der Waals surface area contributed by atoms with E-state index in [2.05, 4.69) is 65.3 Å². The molecule has 2 aliphatic rings. The third-order valence-electron chi connectivity index (χ3n) is 6.24. The van der Waals surface area contributed by atoms with Crippen molar-refractivity contribution in [1.29, 1.82) is 0 Å². The summed E-state index contributed by atoms with van der Waals surface area (Å²) in [4.78, 5) is 2.75. The van der Waals surface area contributed by atoms with Crippen LogP contribution in [-0.2, 0) is 0 Å². The van der Waals surface area contributed by atoms with Crippen LogP contribution in [0.4, 0.5) is 0 Å². The number of piperidine rings is 1. The van der Waals surface area contributed by atoms with Gasteiger partial charge < -0.3 is 5.32 Å². The average Bonchev–Trinajstić information content (AvgIpc) is 3.27. The molecule has 170 valence electrons. The highest BCUT2D eigenvalue weighted by Gasteiger charge is 2.38. The van der Waals surface area contributed by atoms with Gasteiger partial charge in [0.2, 0.25) is 0 Å². The Balaban J connectivity index is 0. The first kappa shape index (κ1) is 29.9. The second-order valence-corrected chi connectivity index (χ2v) is 9.02. The molecule has 1 N–H and O–H groups in total. The lowest BCUT2D eigenvalue weighted by molar-refractivity contribution is 0.0360. The van der Waals surface area contributed by atoms with E-state index < -0.39 is 0 Å². The van der Waals surface area contributed by atoms with E-state index in [0.717, 1.165) is 11.8 Å². The van der Waals surface area contributed by atoms with Crippen LogP contribution in [0.1, 0.15) is 107 Å². The van der Waals surface area contributed by atoms with Gasteiger partial charge in [-0.2, -0.15) is 0 Å². The Bertz CT molecular complexity index is 319. The van der Waals surface area contributed by atoms with Gasteiger partial charge >= 0.3 is 0 Å². The average molecular weight is 397 g/mol. The molecule has 2 heterocycles. The van der Waals surface area contributed by atoms with Crippen molar-refractivity contribution in [3.8, 4) is 0 Å². The lowest BCUT2D eigenvalue weighted by Gasteiger charge is -2.46. The molecular weight excluding hydrogens is 340 g/mol. The summed E-state index contributed by atoms with van der Waals surface area (Å²) in [6, 6.07) is 0. The van der Waals surface area contributed by atoms with E-state index in [9.17, 15) is 0 Å². The SMILES string of the molecule is C=CC(C)C.CC.CCC1CCN(C(C)(C)C2CCNC2)CC1.CCCCC. The van der Waals surface area contributed by atoms with Crippen molar-refractivity contribution in [1.82, 2.24) is 10.2 Å². The molecule has 28 heavy (non-hydrogen) atoms. The third-order valence-corrected chi connectivity index (χ3v) is 6.24. The van der Waals surface area contributed by atoms with Gasteiger partial charge in [0.25, 0.3) is 0 Å². The summed E-state index contributed by atoms with van der Waals surface area (Å²) >= 11 is 0. The maximum absolute atomic E-state index is 3.56. The van der Waals surface area contributed by atoms with Crippen molar-refractivity contribution in [2.24, 2.45) is 17.8 Å². The van der Waals surface area contributed by atoms with E-state index in [1.54, 1.807) is 0 Å². The van der Waals surface area contributed by atoms with Crippen LogP contribution in [0.15, 0.2) is 12.7 Å². The van der Waals surface area contributed by atoms with Gasteiger partial charge in [0.1, 0.15) is 0 Å². The van der Waals surface area contributed by atoms with Gasteiger partial charge in [-0.3, -0.25) is 4.90 Å². The molecule has 2 rings (SSSR count). The highest BCUT2D eigenvalue weighted by Crippen LogP contribution is 2.33. The van der Waals surface area contributed by atoms with Gasteiger partial charge in [-0.05, 0) is 77.0 Å². The van der Waals surface area contributed by atoms with E-state index in [4.69, 9.17) is 0 Å². The molecule has 0 aromatic carbocycles. The van der Waals surface area contributed by atoms with E-state index in [1.165, 1.54) is 71.1 Å². The van der Waals surface area contributed by atoms with E-state index in [0.29, 0.717) is 11.5 Å². The zero-order valence-corrected chi connectivity index (χ0v) is 21.2. The summed E-state index contributed by atoms with van der Waals surface area (Å²) in [7, 11) is 0. The number of rotatable bonds is 6. The first-order valence-electron chi connectivity index (χ1n) is 12.4. The number of hydrogen-bond donors (Lipinski definition) is 1. The zero-order chi connectivity index (χ0) is 22.0. The number of nitrogens with one attached hydrogen (secondary N) is 1. The summed E-state index contributed by atoms with van der Waals surface area (Å²) in [6.45, 7) is 28.5. The van der Waals surface area contributed by atoms with Crippen LogP contribution in [0.5, 0.6) is 0 Å². The molecule has 0 aromatic heterocycles. The maximum Gasteiger partial charge on any atom is 0.0193 e. The molecule has 2 aliphatic heterocycles. The van der Waals surface area contributed by atoms with Crippen molar-refractivity contribution < 1.29 is 0 Å². The quantitative estimate of drug-likeness (QED) is 0.466. The molecule has 2 saturated heterocycles. The monoisotopic (exact) mass is 396 g/mol. The molecule has 0 saturated carbocycles. The van der Waals surface area contributed by atoms with Crippen LogP contribution in [-0.4, -0.2) is 36.6 Å². The van der Waals surface area contributed by atoms with E-state index in [1.807, 2.05) is 19.9 Å². The number of allylic oxidation sites excluding steroid dienone is 1. The van der Waals surface area contributed by atoms with Crippen LogP contribution in [0.2, 0.25) is 0 Å². The largest absolute Gasteiger partial charge is 0.316 e. The van der Waals surface area contributed by atoms with Crippen molar-refractivity contribution in [3.63, 3.8) is 0 Å². The van der Waals surface area contributed by atoms with Gasteiger partial charge in [0, 0.05) is 5.54 Å². The highest BCUT2D eigenvalue weighted by molar-refractivity contribution is 4.94. The van der Waals surface area contributed by atoms with Gasteiger partial charge in [-0.1, -0.05) is 80.2 Å². The minimum atomic E-state index is 0.405. The van der Waals surface area contributed by atoms with Crippen LogP contribution >= 0.6 is 0 Å². The summed E-state index contributed by atoms with van der Waals surface area (Å²) in [5, 5.41) is 3.51. The van der Waals surface area contributed by atoms with E-state index >= 15 is 0 Å². The van der Waals surface area contributed by atoms with Gasteiger partial charge in [0.05, 0.1) is 0 Å². The lowest BCUT2D eigenvalue weighted by Crippen LogP contribution is -2.53.